The van der Waals surface area contributed by atoms with Crippen molar-refractivity contribution in [1.29, 1.82) is 0 Å². The third-order valence-electron chi connectivity index (χ3n) is 5.64. The molecule has 2 heterocycles. The predicted molar refractivity (Wildman–Crippen MR) is 107 cm³/mol. The van der Waals surface area contributed by atoms with Crippen LogP contribution >= 0.6 is 0 Å². The van der Waals surface area contributed by atoms with Crippen LogP contribution in [0.3, 0.4) is 0 Å². The van der Waals surface area contributed by atoms with Crippen LogP contribution in [0, 0.1) is 0 Å². The maximum Gasteiger partial charge on any atom is 0.339 e. The van der Waals surface area contributed by atoms with Crippen LogP contribution < -0.4 is 4.90 Å². The molecule has 0 N–H and O–H groups in total. The van der Waals surface area contributed by atoms with E-state index in [0.29, 0.717) is 12.1 Å². The van der Waals surface area contributed by atoms with Crippen LogP contribution in [-0.2, 0) is 28.8 Å². The fourth-order valence-electron chi connectivity index (χ4n) is 4.32. The Bertz CT molecular complexity index is 1110. The second kappa shape index (κ2) is 6.75. The van der Waals surface area contributed by atoms with Gasteiger partial charge in [-0.1, -0.05) is 36.4 Å². The summed E-state index contributed by atoms with van der Waals surface area (Å²) in [5.74, 6) is -0.620. The number of fused-ring (bicyclic) bond motifs is 3. The minimum absolute atomic E-state index is 0.187. The van der Waals surface area contributed by atoms with E-state index in [9.17, 15) is 9.59 Å². The van der Waals surface area contributed by atoms with Gasteiger partial charge >= 0.3 is 5.97 Å². The lowest BCUT2D eigenvalue weighted by atomic mass is 10.0. The number of aryl methyl sites for hydroxylation is 1. The first kappa shape index (κ1) is 16.9. The number of benzene rings is 2. The van der Waals surface area contributed by atoms with E-state index >= 15 is 0 Å². The summed E-state index contributed by atoms with van der Waals surface area (Å²) in [6, 6.07) is 15.5. The Morgan fingerprint density at radius 3 is 2.75 bits per heavy atom. The van der Waals surface area contributed by atoms with Crippen LogP contribution in [0.4, 0.5) is 5.69 Å². The minimum Gasteiger partial charge on any atom is -0.452 e. The van der Waals surface area contributed by atoms with Crippen molar-refractivity contribution in [3.05, 3.63) is 70.9 Å². The van der Waals surface area contributed by atoms with Crippen molar-refractivity contribution in [2.75, 3.05) is 18.1 Å². The second-order valence-corrected chi connectivity index (χ2v) is 7.28. The van der Waals surface area contributed by atoms with Crippen molar-refractivity contribution < 1.29 is 14.3 Å². The SMILES string of the molecule is O=C(OCC(=O)N1CCc2ccccc21)c1c2c(nc3ccccc13)CCC2. The average molecular weight is 372 g/mol. The molecule has 5 nitrogen and oxygen atoms in total. The third-order valence-corrected chi connectivity index (χ3v) is 5.64. The molecule has 0 bridgehead atoms. The Morgan fingerprint density at radius 2 is 1.82 bits per heavy atom. The average Bonchev–Trinajstić information content (AvgIpc) is 3.36. The van der Waals surface area contributed by atoms with E-state index in [2.05, 4.69) is 0 Å². The highest BCUT2D eigenvalue weighted by Crippen LogP contribution is 2.31. The molecule has 0 saturated heterocycles. The van der Waals surface area contributed by atoms with Gasteiger partial charge in [0.2, 0.25) is 0 Å². The molecule has 3 aromatic rings. The lowest BCUT2D eigenvalue weighted by molar-refractivity contribution is -0.121. The van der Waals surface area contributed by atoms with Crippen molar-refractivity contribution in [3.8, 4) is 0 Å². The number of para-hydroxylation sites is 2. The predicted octanol–water partition coefficient (Wildman–Crippen LogP) is 3.47. The van der Waals surface area contributed by atoms with Crippen molar-refractivity contribution in [2.24, 2.45) is 0 Å². The van der Waals surface area contributed by atoms with Crippen LogP contribution in [-0.4, -0.2) is 30.0 Å². The van der Waals surface area contributed by atoms with Gasteiger partial charge in [0.15, 0.2) is 6.61 Å². The van der Waals surface area contributed by atoms with Crippen LogP contribution in [0.15, 0.2) is 48.5 Å². The first-order chi connectivity index (χ1) is 13.7. The summed E-state index contributed by atoms with van der Waals surface area (Å²) in [5, 5.41) is 0.798. The molecule has 0 atom stereocenters. The van der Waals surface area contributed by atoms with Crippen molar-refractivity contribution in [2.45, 2.75) is 25.7 Å². The van der Waals surface area contributed by atoms with Crippen LogP contribution in [0.25, 0.3) is 10.9 Å². The standard InChI is InChI=1S/C23H20N2O3/c26-21(25-13-12-15-6-1-4-11-20(15)25)14-28-23(27)22-16-7-2-3-9-18(16)24-19-10-5-8-17(19)22/h1-4,6-7,9,11H,5,8,10,12-14H2. The molecule has 1 amide bonds. The minimum atomic E-state index is -0.433. The summed E-state index contributed by atoms with van der Waals surface area (Å²) < 4.78 is 5.49. The van der Waals surface area contributed by atoms with Gasteiger partial charge in [0.25, 0.3) is 5.91 Å². The molecule has 0 spiro atoms. The Labute approximate surface area is 162 Å². The lowest BCUT2D eigenvalue weighted by Gasteiger charge is -2.18. The molecule has 0 saturated carbocycles. The van der Waals surface area contributed by atoms with Crippen LogP contribution in [0.2, 0.25) is 0 Å². The number of amides is 1. The quantitative estimate of drug-likeness (QED) is 0.661. The highest BCUT2D eigenvalue weighted by molar-refractivity contribution is 6.06. The van der Waals surface area contributed by atoms with E-state index < -0.39 is 5.97 Å². The maximum absolute atomic E-state index is 13.0. The van der Waals surface area contributed by atoms with Crippen LogP contribution in [0.1, 0.15) is 33.6 Å². The number of aromatic nitrogens is 1. The second-order valence-electron chi connectivity index (χ2n) is 7.28. The molecular weight excluding hydrogens is 352 g/mol. The molecule has 1 aliphatic heterocycles. The van der Waals surface area contributed by atoms with Gasteiger partial charge in [-0.3, -0.25) is 9.78 Å². The molecule has 5 heteroatoms. The maximum atomic E-state index is 13.0. The Morgan fingerprint density at radius 1 is 1.00 bits per heavy atom. The molecule has 2 aromatic carbocycles. The van der Waals surface area contributed by atoms with Crippen LogP contribution in [0.5, 0.6) is 0 Å². The number of pyridine rings is 1. The van der Waals surface area contributed by atoms with Gasteiger partial charge in [0, 0.05) is 23.3 Å². The van der Waals surface area contributed by atoms with Crippen molar-refractivity contribution >= 4 is 28.5 Å². The van der Waals surface area contributed by atoms with E-state index in [1.54, 1.807) is 4.90 Å². The molecule has 1 aromatic heterocycles. The Kier molecular flexibility index (Phi) is 4.08. The number of carbonyl (C=O) groups excluding carboxylic acids is 2. The van der Waals surface area contributed by atoms with Gasteiger partial charge in [-0.25, -0.2) is 4.79 Å². The monoisotopic (exact) mass is 372 g/mol. The summed E-state index contributed by atoms with van der Waals surface area (Å²) in [5.41, 5.74) is 5.40. The number of nitrogens with zero attached hydrogens (tertiary/aromatic N) is 2. The number of anilines is 1. The summed E-state index contributed by atoms with van der Waals surface area (Å²) in [6.45, 7) is 0.377. The molecule has 1 aliphatic carbocycles. The fourth-order valence-corrected chi connectivity index (χ4v) is 4.32. The number of hydrogen-bond donors (Lipinski definition) is 0. The van der Waals surface area contributed by atoms with Gasteiger partial charge in [0.05, 0.1) is 11.1 Å². The van der Waals surface area contributed by atoms with E-state index in [-0.39, 0.29) is 12.5 Å². The summed E-state index contributed by atoms with van der Waals surface area (Å²) in [7, 11) is 0. The van der Waals surface area contributed by atoms with Crippen molar-refractivity contribution in [3.63, 3.8) is 0 Å². The fraction of sp³-hybridized carbons (Fsp3) is 0.261. The normalized spacial score (nSPS) is 14.8. The van der Waals surface area contributed by atoms with Gasteiger partial charge in [-0.15, -0.1) is 0 Å². The molecule has 0 unspecified atom stereocenters. The highest BCUT2D eigenvalue weighted by atomic mass is 16.5. The largest absolute Gasteiger partial charge is 0.452 e. The number of ether oxygens (including phenoxy) is 1. The molecule has 0 radical (unpaired) electrons. The van der Waals surface area contributed by atoms with E-state index in [4.69, 9.17) is 9.72 Å². The topological polar surface area (TPSA) is 59.5 Å². The first-order valence-electron chi connectivity index (χ1n) is 9.68. The van der Waals surface area contributed by atoms with Gasteiger partial charge in [0.1, 0.15) is 0 Å². The number of esters is 1. The summed E-state index contributed by atoms with van der Waals surface area (Å²) in [4.78, 5) is 32.0. The Hall–Kier alpha value is -3.21. The number of hydrogen-bond acceptors (Lipinski definition) is 4. The van der Waals surface area contributed by atoms with E-state index in [1.165, 1.54) is 0 Å². The molecule has 28 heavy (non-hydrogen) atoms. The smallest absolute Gasteiger partial charge is 0.339 e. The molecular formula is C23H20N2O3. The molecule has 0 fully saturated rings. The molecule has 140 valence electrons. The van der Waals surface area contributed by atoms with Crippen molar-refractivity contribution in [1.82, 2.24) is 4.98 Å². The molecule has 2 aliphatic rings. The summed E-state index contributed by atoms with van der Waals surface area (Å²) in [6.07, 6.45) is 3.52. The zero-order chi connectivity index (χ0) is 19.1. The zero-order valence-electron chi connectivity index (χ0n) is 15.5. The molecule has 5 rings (SSSR count). The van der Waals surface area contributed by atoms with E-state index in [1.807, 2.05) is 48.5 Å². The zero-order valence-corrected chi connectivity index (χ0v) is 15.5. The van der Waals surface area contributed by atoms with E-state index in [0.717, 1.165) is 59.1 Å². The summed E-state index contributed by atoms with van der Waals surface area (Å²) >= 11 is 0. The lowest BCUT2D eigenvalue weighted by Crippen LogP contribution is -2.33. The third kappa shape index (κ3) is 2.74. The Balaban J connectivity index is 1.39. The number of rotatable bonds is 3. The number of carbonyl (C=O) groups is 2. The first-order valence-corrected chi connectivity index (χ1v) is 9.68. The highest BCUT2D eigenvalue weighted by Gasteiger charge is 2.28. The van der Waals surface area contributed by atoms with Gasteiger partial charge in [-0.05, 0) is 48.9 Å². The van der Waals surface area contributed by atoms with Gasteiger partial charge in [-0.2, -0.15) is 0 Å². The van der Waals surface area contributed by atoms with Gasteiger partial charge < -0.3 is 9.64 Å².